The Morgan fingerprint density at radius 1 is 1.12 bits per heavy atom. The van der Waals surface area contributed by atoms with Gasteiger partial charge in [-0.25, -0.2) is 5.14 Å². The van der Waals surface area contributed by atoms with Crippen molar-refractivity contribution < 1.29 is 13.5 Å². The molecule has 0 aromatic heterocycles. The summed E-state index contributed by atoms with van der Waals surface area (Å²) in [6.07, 6.45) is 0. The van der Waals surface area contributed by atoms with Gasteiger partial charge in [0, 0.05) is 11.8 Å². The first-order valence-corrected chi connectivity index (χ1v) is 14.4. The molecule has 5 nitrogen and oxygen atoms in total. The van der Waals surface area contributed by atoms with Crippen molar-refractivity contribution in [3.63, 3.8) is 0 Å². The molecule has 0 saturated carbocycles. The first-order valence-electron chi connectivity index (χ1n) is 5.72. The maximum absolute atomic E-state index is 11.7. The lowest BCUT2D eigenvalue weighted by molar-refractivity contribution is 0.256. The Morgan fingerprint density at radius 3 is 1.65 bits per heavy atom. The van der Waals surface area contributed by atoms with E-state index in [1.54, 1.807) is 0 Å². The summed E-state index contributed by atoms with van der Waals surface area (Å²) >= 11 is 0. The number of rotatable bonds is 6. The van der Waals surface area contributed by atoms with Crippen molar-refractivity contribution in [3.8, 4) is 0 Å². The molecule has 0 aromatic rings. The molecule has 0 amide bonds. The Labute approximate surface area is 107 Å². The van der Waals surface area contributed by atoms with Crippen molar-refractivity contribution in [2.45, 2.75) is 44.6 Å². The van der Waals surface area contributed by atoms with E-state index in [0.717, 1.165) is 0 Å². The Morgan fingerprint density at radius 2 is 1.47 bits per heavy atom. The van der Waals surface area contributed by atoms with Crippen LogP contribution in [-0.4, -0.2) is 52.4 Å². The minimum atomic E-state index is -3.75. The van der Waals surface area contributed by atoms with Crippen LogP contribution < -0.4 is 5.14 Å². The topological polar surface area (TPSA) is 83.6 Å². The predicted octanol–water partition coefficient (Wildman–Crippen LogP) is 0.608. The zero-order valence-electron chi connectivity index (χ0n) is 11.7. The van der Waals surface area contributed by atoms with Crippen LogP contribution in [-0.2, 0) is 10.2 Å². The van der Waals surface area contributed by atoms with Crippen LogP contribution in [0.3, 0.4) is 0 Å². The van der Waals surface area contributed by atoms with Gasteiger partial charge in [0.1, 0.15) is 0 Å². The molecule has 0 bridgehead atoms. The fourth-order valence-corrected chi connectivity index (χ4v) is 18.5. The summed E-state index contributed by atoms with van der Waals surface area (Å²) < 4.78 is 24.7. The molecule has 0 saturated heterocycles. The number of nitrogens with zero attached hydrogens (tertiary/aromatic N) is 1. The van der Waals surface area contributed by atoms with Gasteiger partial charge in [-0.15, -0.1) is 0 Å². The van der Waals surface area contributed by atoms with Gasteiger partial charge < -0.3 is 5.11 Å². The quantitative estimate of drug-likeness (QED) is 0.705. The maximum atomic E-state index is 11.7. The molecule has 0 aromatic carbocycles. The van der Waals surface area contributed by atoms with Crippen LogP contribution in [0.4, 0.5) is 0 Å². The third-order valence-corrected chi connectivity index (χ3v) is 13.1. The average molecular weight is 299 g/mol. The highest BCUT2D eigenvalue weighted by atomic mass is 32.2. The second kappa shape index (κ2) is 5.49. The van der Waals surface area contributed by atoms with Crippen molar-refractivity contribution in [2.24, 2.45) is 5.14 Å². The minimum Gasteiger partial charge on any atom is -0.395 e. The monoisotopic (exact) mass is 298 g/mol. The molecule has 0 unspecified atom stereocenters. The third kappa shape index (κ3) is 5.18. The van der Waals surface area contributed by atoms with Crippen molar-refractivity contribution in [2.75, 3.05) is 13.2 Å². The van der Waals surface area contributed by atoms with E-state index in [-0.39, 0.29) is 18.4 Å². The largest absolute Gasteiger partial charge is 0.395 e. The van der Waals surface area contributed by atoms with Crippen LogP contribution >= 0.6 is 0 Å². The van der Waals surface area contributed by atoms with Crippen LogP contribution in [0.2, 0.25) is 39.3 Å². The molecule has 0 radical (unpaired) electrons. The summed E-state index contributed by atoms with van der Waals surface area (Å²) in [7, 11) is -7.18. The van der Waals surface area contributed by atoms with Crippen molar-refractivity contribution in [1.29, 1.82) is 0 Å². The van der Waals surface area contributed by atoms with Crippen molar-refractivity contribution in [3.05, 3.63) is 0 Å². The van der Waals surface area contributed by atoms with Crippen LogP contribution in [0.1, 0.15) is 0 Å². The van der Waals surface area contributed by atoms with Gasteiger partial charge in [0.15, 0.2) is 0 Å². The molecule has 104 valence electrons. The summed E-state index contributed by atoms with van der Waals surface area (Å²) in [5.41, 5.74) is 0. The van der Waals surface area contributed by atoms with E-state index in [1.807, 2.05) is 0 Å². The molecule has 0 rings (SSSR count). The molecule has 0 atom stereocenters. The Bertz CT molecular complexity index is 332. The Balaban J connectivity index is 5.57. The van der Waals surface area contributed by atoms with E-state index in [9.17, 15) is 8.42 Å². The fourth-order valence-electron chi connectivity index (χ4n) is 2.66. The lowest BCUT2D eigenvalue weighted by Gasteiger charge is -2.44. The number of nitrogens with two attached hydrogens (primary N) is 1. The smallest absolute Gasteiger partial charge is 0.276 e. The lowest BCUT2D eigenvalue weighted by Crippen LogP contribution is -2.66. The SMILES string of the molecule is C[Si](C)(C)C(N(CCO)S(N)(=O)=O)[Si](C)(C)C. The van der Waals surface area contributed by atoms with E-state index >= 15 is 0 Å². The third-order valence-electron chi connectivity index (χ3n) is 2.58. The second-order valence-electron chi connectivity index (χ2n) is 6.51. The van der Waals surface area contributed by atoms with Gasteiger partial charge in [-0.05, 0) is 0 Å². The molecule has 0 aliphatic carbocycles. The Kier molecular flexibility index (Phi) is 5.58. The van der Waals surface area contributed by atoms with Gasteiger partial charge in [-0.2, -0.15) is 12.7 Å². The molecule has 0 aliphatic heterocycles. The minimum absolute atomic E-state index is 0.00264. The molecular weight excluding hydrogens is 272 g/mol. The van der Waals surface area contributed by atoms with Crippen LogP contribution in [0.25, 0.3) is 0 Å². The number of hydrogen-bond donors (Lipinski definition) is 2. The van der Waals surface area contributed by atoms with E-state index in [4.69, 9.17) is 10.2 Å². The number of hydrogen-bond acceptors (Lipinski definition) is 3. The van der Waals surface area contributed by atoms with Crippen molar-refractivity contribution in [1.82, 2.24) is 4.31 Å². The fraction of sp³-hybridized carbons (Fsp3) is 1.00. The summed E-state index contributed by atoms with van der Waals surface area (Å²) in [6.45, 7) is 12.8. The van der Waals surface area contributed by atoms with Crippen LogP contribution in [0, 0.1) is 0 Å². The zero-order valence-corrected chi connectivity index (χ0v) is 14.5. The zero-order chi connectivity index (χ0) is 14.1. The normalized spacial score (nSPS) is 14.7. The van der Waals surface area contributed by atoms with Gasteiger partial charge in [-0.3, -0.25) is 0 Å². The van der Waals surface area contributed by atoms with Gasteiger partial charge in [0.2, 0.25) is 0 Å². The highest BCUT2D eigenvalue weighted by Crippen LogP contribution is 2.25. The average Bonchev–Trinajstić information content (AvgIpc) is 1.96. The van der Waals surface area contributed by atoms with E-state index in [2.05, 4.69) is 39.3 Å². The van der Waals surface area contributed by atoms with Gasteiger partial charge in [-0.1, -0.05) is 39.3 Å². The van der Waals surface area contributed by atoms with E-state index in [1.165, 1.54) is 4.31 Å². The van der Waals surface area contributed by atoms with Crippen LogP contribution in [0.5, 0.6) is 0 Å². The standard InChI is InChI=1S/C9H26N2O3SSi2/c1-16(2,3)9(17(4,5)6)11(7-8-12)15(10,13)14/h9,12H,7-8H2,1-6H3,(H2,10,13,14). The first-order chi connectivity index (χ1) is 7.31. The lowest BCUT2D eigenvalue weighted by atomic mass is 10.7. The summed E-state index contributed by atoms with van der Waals surface area (Å²) in [4.78, 5) is 0. The highest BCUT2D eigenvalue weighted by molar-refractivity contribution is 7.87. The van der Waals surface area contributed by atoms with Crippen molar-refractivity contribution >= 4 is 26.4 Å². The van der Waals surface area contributed by atoms with Gasteiger partial charge in [0.25, 0.3) is 10.2 Å². The molecule has 3 N–H and O–H groups in total. The molecule has 0 heterocycles. The Hall–Kier alpha value is 0.264. The summed E-state index contributed by atoms with van der Waals surface area (Å²) in [5.74, 6) is 0. The maximum Gasteiger partial charge on any atom is 0.276 e. The molecule has 0 aliphatic rings. The molecular formula is C9H26N2O3SSi2. The van der Waals surface area contributed by atoms with Gasteiger partial charge in [0.05, 0.1) is 22.8 Å². The van der Waals surface area contributed by atoms with Crippen LogP contribution in [0.15, 0.2) is 0 Å². The molecule has 0 fully saturated rings. The molecule has 8 heteroatoms. The summed E-state index contributed by atoms with van der Waals surface area (Å²) in [5, 5.41) is 14.3. The molecule has 17 heavy (non-hydrogen) atoms. The molecule has 0 spiro atoms. The van der Waals surface area contributed by atoms with Gasteiger partial charge >= 0.3 is 0 Å². The van der Waals surface area contributed by atoms with E-state index in [0.29, 0.717) is 0 Å². The number of aliphatic hydroxyl groups is 1. The second-order valence-corrected chi connectivity index (χ2v) is 19.1. The van der Waals surface area contributed by atoms with E-state index < -0.39 is 26.4 Å². The highest BCUT2D eigenvalue weighted by Gasteiger charge is 2.44. The predicted molar refractivity (Wildman–Crippen MR) is 77.4 cm³/mol. The first kappa shape index (κ1) is 17.3. The number of aliphatic hydroxyl groups excluding tert-OH is 1. The summed E-state index contributed by atoms with van der Waals surface area (Å²) in [6, 6.07) is 0.